The van der Waals surface area contributed by atoms with Crippen LogP contribution in [0.4, 0.5) is 4.39 Å². The summed E-state index contributed by atoms with van der Waals surface area (Å²) in [5.74, 6) is 0.0846. The third-order valence-corrected chi connectivity index (χ3v) is 2.83. The molecule has 1 aromatic rings. The lowest BCUT2D eigenvalue weighted by molar-refractivity contribution is -0.122. The Morgan fingerprint density at radius 1 is 1.40 bits per heavy atom. The number of ether oxygens (including phenoxy) is 1. The van der Waals surface area contributed by atoms with Gasteiger partial charge in [0, 0.05) is 12.6 Å². The molecule has 0 heterocycles. The number of nitrogens with two attached hydrogens (primary N) is 1. The Balaban J connectivity index is 2.31. The second kappa shape index (κ2) is 8.53. The number of rotatable bonds is 8. The van der Waals surface area contributed by atoms with Crippen LogP contribution in [0.5, 0.6) is 5.75 Å². The molecular weight excluding hydrogens is 259 g/mol. The van der Waals surface area contributed by atoms with Crippen LogP contribution >= 0.6 is 0 Å². The van der Waals surface area contributed by atoms with E-state index >= 15 is 0 Å². The lowest BCUT2D eigenvalue weighted by atomic mass is 10.0. The highest BCUT2D eigenvalue weighted by Gasteiger charge is 2.12. The second-order valence-corrected chi connectivity index (χ2v) is 5.16. The van der Waals surface area contributed by atoms with Gasteiger partial charge in [-0.3, -0.25) is 4.79 Å². The molecule has 0 saturated carbocycles. The Kier molecular flexibility index (Phi) is 7.01. The van der Waals surface area contributed by atoms with Crippen molar-refractivity contribution < 1.29 is 13.9 Å². The lowest BCUT2D eigenvalue weighted by Crippen LogP contribution is -2.41. The Morgan fingerprint density at radius 2 is 2.10 bits per heavy atom. The van der Waals surface area contributed by atoms with E-state index in [4.69, 9.17) is 10.5 Å². The fraction of sp³-hybridized carbons (Fsp3) is 0.533. The average molecular weight is 282 g/mol. The number of amides is 1. The molecule has 0 saturated heterocycles. The maximum absolute atomic E-state index is 13.3. The van der Waals surface area contributed by atoms with Crippen molar-refractivity contribution in [3.63, 3.8) is 0 Å². The van der Waals surface area contributed by atoms with Crippen molar-refractivity contribution >= 4 is 5.91 Å². The third-order valence-electron chi connectivity index (χ3n) is 2.83. The summed E-state index contributed by atoms with van der Waals surface area (Å²) in [7, 11) is 0. The molecule has 0 bridgehead atoms. The minimum Gasteiger partial charge on any atom is -0.490 e. The molecule has 0 fully saturated rings. The molecule has 20 heavy (non-hydrogen) atoms. The van der Waals surface area contributed by atoms with Crippen molar-refractivity contribution in [1.82, 2.24) is 5.32 Å². The summed E-state index contributed by atoms with van der Waals surface area (Å²) in [6.45, 7) is 4.72. The van der Waals surface area contributed by atoms with Crippen molar-refractivity contribution in [3.05, 3.63) is 30.1 Å². The molecule has 4 nitrogen and oxygen atoms in total. The standard InChI is InChI=1S/C15H23FN2O2/c1-11(2)9-12(10-17)18-15(19)7-8-20-14-6-4-3-5-13(14)16/h3-6,11-12H,7-10,17H2,1-2H3,(H,18,19). The molecule has 112 valence electrons. The summed E-state index contributed by atoms with van der Waals surface area (Å²) in [6.07, 6.45) is 1.03. The van der Waals surface area contributed by atoms with Crippen LogP contribution in [0.1, 0.15) is 26.7 Å². The van der Waals surface area contributed by atoms with Gasteiger partial charge in [-0.15, -0.1) is 0 Å². The Morgan fingerprint density at radius 3 is 2.70 bits per heavy atom. The third kappa shape index (κ3) is 6.02. The number of halogens is 1. The molecule has 5 heteroatoms. The van der Waals surface area contributed by atoms with Gasteiger partial charge in [0.1, 0.15) is 0 Å². The molecule has 0 aromatic heterocycles. The Hall–Kier alpha value is -1.62. The summed E-state index contributed by atoms with van der Waals surface area (Å²) >= 11 is 0. The largest absolute Gasteiger partial charge is 0.490 e. The zero-order valence-electron chi connectivity index (χ0n) is 12.1. The molecule has 3 N–H and O–H groups in total. The number of hydrogen-bond acceptors (Lipinski definition) is 3. The summed E-state index contributed by atoms with van der Waals surface area (Å²) < 4.78 is 18.5. The minimum atomic E-state index is -0.424. The van der Waals surface area contributed by atoms with E-state index in [9.17, 15) is 9.18 Å². The first-order valence-corrected chi connectivity index (χ1v) is 6.89. The number of hydrogen-bond donors (Lipinski definition) is 2. The zero-order chi connectivity index (χ0) is 15.0. The van der Waals surface area contributed by atoms with E-state index in [-0.39, 0.29) is 30.7 Å². The van der Waals surface area contributed by atoms with E-state index in [2.05, 4.69) is 19.2 Å². The zero-order valence-corrected chi connectivity index (χ0v) is 12.1. The summed E-state index contributed by atoms with van der Waals surface area (Å²) in [6, 6.07) is 6.12. The SMILES string of the molecule is CC(C)CC(CN)NC(=O)CCOc1ccccc1F. The van der Waals surface area contributed by atoms with Crippen LogP contribution in [0.25, 0.3) is 0 Å². The molecular formula is C15H23FN2O2. The van der Waals surface area contributed by atoms with Crippen molar-refractivity contribution in [3.8, 4) is 5.75 Å². The highest BCUT2D eigenvalue weighted by atomic mass is 19.1. The normalized spacial score (nSPS) is 12.2. The highest BCUT2D eigenvalue weighted by molar-refractivity contribution is 5.76. The molecule has 1 atom stereocenters. The molecule has 1 unspecified atom stereocenters. The van der Waals surface area contributed by atoms with Crippen molar-refractivity contribution in [2.24, 2.45) is 11.7 Å². The highest BCUT2D eigenvalue weighted by Crippen LogP contribution is 2.15. The van der Waals surface area contributed by atoms with Crippen molar-refractivity contribution in [2.75, 3.05) is 13.2 Å². The number of para-hydroxylation sites is 1. The van der Waals surface area contributed by atoms with Gasteiger partial charge in [-0.1, -0.05) is 26.0 Å². The van der Waals surface area contributed by atoms with Crippen LogP contribution in [0.2, 0.25) is 0 Å². The van der Waals surface area contributed by atoms with Gasteiger partial charge in [-0.25, -0.2) is 4.39 Å². The molecule has 1 amide bonds. The van der Waals surface area contributed by atoms with Gasteiger partial charge in [0.2, 0.25) is 5.91 Å². The van der Waals surface area contributed by atoms with Gasteiger partial charge in [-0.05, 0) is 24.5 Å². The number of carbonyl (C=O) groups excluding carboxylic acids is 1. The predicted molar refractivity (Wildman–Crippen MR) is 77.0 cm³/mol. The van der Waals surface area contributed by atoms with Gasteiger partial charge in [0.25, 0.3) is 0 Å². The van der Waals surface area contributed by atoms with Gasteiger partial charge >= 0.3 is 0 Å². The maximum Gasteiger partial charge on any atom is 0.223 e. The number of benzene rings is 1. The molecule has 0 aliphatic carbocycles. The van der Waals surface area contributed by atoms with Gasteiger partial charge in [0.15, 0.2) is 11.6 Å². The van der Waals surface area contributed by atoms with Crippen LogP contribution < -0.4 is 15.8 Å². The van der Waals surface area contributed by atoms with E-state index in [0.29, 0.717) is 12.5 Å². The minimum absolute atomic E-state index is 0.0176. The van der Waals surface area contributed by atoms with Crippen LogP contribution in [-0.4, -0.2) is 25.1 Å². The van der Waals surface area contributed by atoms with E-state index in [0.717, 1.165) is 6.42 Å². The first-order chi connectivity index (χ1) is 9.52. The molecule has 1 aromatic carbocycles. The number of nitrogens with one attached hydrogen (secondary N) is 1. The molecule has 0 radical (unpaired) electrons. The second-order valence-electron chi connectivity index (χ2n) is 5.16. The predicted octanol–water partition coefficient (Wildman–Crippen LogP) is 2.08. The first kappa shape index (κ1) is 16.4. The van der Waals surface area contributed by atoms with E-state index < -0.39 is 5.82 Å². The monoisotopic (exact) mass is 282 g/mol. The summed E-state index contributed by atoms with van der Waals surface area (Å²) in [5.41, 5.74) is 5.61. The van der Waals surface area contributed by atoms with Crippen LogP contribution in [0.3, 0.4) is 0 Å². The molecule has 0 spiro atoms. The van der Waals surface area contributed by atoms with Gasteiger partial charge < -0.3 is 15.8 Å². The average Bonchev–Trinajstić information content (AvgIpc) is 2.39. The van der Waals surface area contributed by atoms with E-state index in [1.807, 2.05) is 0 Å². The quantitative estimate of drug-likeness (QED) is 0.767. The van der Waals surface area contributed by atoms with E-state index in [1.54, 1.807) is 12.1 Å². The molecule has 0 aliphatic rings. The Bertz CT molecular complexity index is 424. The van der Waals surface area contributed by atoms with Gasteiger partial charge in [0.05, 0.1) is 13.0 Å². The fourth-order valence-corrected chi connectivity index (χ4v) is 1.90. The van der Waals surface area contributed by atoms with Crippen LogP contribution in [0.15, 0.2) is 24.3 Å². The van der Waals surface area contributed by atoms with Gasteiger partial charge in [-0.2, -0.15) is 0 Å². The lowest BCUT2D eigenvalue weighted by Gasteiger charge is -2.18. The van der Waals surface area contributed by atoms with Crippen molar-refractivity contribution in [2.45, 2.75) is 32.7 Å². The maximum atomic E-state index is 13.3. The van der Waals surface area contributed by atoms with Crippen molar-refractivity contribution in [1.29, 1.82) is 0 Å². The smallest absolute Gasteiger partial charge is 0.223 e. The summed E-state index contributed by atoms with van der Waals surface area (Å²) in [4.78, 5) is 11.7. The van der Waals surface area contributed by atoms with E-state index in [1.165, 1.54) is 12.1 Å². The van der Waals surface area contributed by atoms with Crippen LogP contribution in [-0.2, 0) is 4.79 Å². The topological polar surface area (TPSA) is 64.3 Å². The fourth-order valence-electron chi connectivity index (χ4n) is 1.90. The van der Waals surface area contributed by atoms with Crippen LogP contribution in [0, 0.1) is 11.7 Å². The molecule has 0 aliphatic heterocycles. The number of carbonyl (C=O) groups is 1. The first-order valence-electron chi connectivity index (χ1n) is 6.89. The Labute approximate surface area is 119 Å². The molecule has 1 rings (SSSR count). The summed E-state index contributed by atoms with van der Waals surface area (Å²) in [5, 5.41) is 2.86.